The summed E-state index contributed by atoms with van der Waals surface area (Å²) in [6, 6.07) is 6.97. The summed E-state index contributed by atoms with van der Waals surface area (Å²) in [5, 5.41) is 8.66. The van der Waals surface area contributed by atoms with E-state index in [1.807, 2.05) is 6.07 Å². The van der Waals surface area contributed by atoms with E-state index in [2.05, 4.69) is 0 Å². The van der Waals surface area contributed by atoms with Gasteiger partial charge in [-0.05, 0) is 31.0 Å². The third kappa shape index (κ3) is 4.98. The van der Waals surface area contributed by atoms with E-state index in [4.69, 9.17) is 9.84 Å². The maximum atomic E-state index is 11.7. The molecule has 5 heteroatoms. The summed E-state index contributed by atoms with van der Waals surface area (Å²) in [7, 11) is -1.01. The Morgan fingerprint density at radius 3 is 2.89 bits per heavy atom. The summed E-state index contributed by atoms with van der Waals surface area (Å²) >= 11 is 0. The van der Waals surface area contributed by atoms with Gasteiger partial charge in [-0.3, -0.25) is 4.21 Å². The number of carbonyl (C=O) groups excluding carboxylic acids is 1. The number of benzene rings is 1. The number of esters is 1. The molecule has 1 aromatic carbocycles. The molecule has 0 amide bonds. The second-order valence-electron chi connectivity index (χ2n) is 3.79. The molecule has 1 rings (SSSR count). The van der Waals surface area contributed by atoms with E-state index in [0.717, 1.165) is 5.56 Å². The first-order chi connectivity index (χ1) is 8.67. The van der Waals surface area contributed by atoms with Crippen molar-refractivity contribution in [3.8, 4) is 0 Å². The van der Waals surface area contributed by atoms with Gasteiger partial charge in [-0.1, -0.05) is 12.1 Å². The lowest BCUT2D eigenvalue weighted by molar-refractivity contribution is 0.0526. The van der Waals surface area contributed by atoms with Gasteiger partial charge >= 0.3 is 5.97 Å². The van der Waals surface area contributed by atoms with Crippen LogP contribution in [0.25, 0.3) is 0 Å². The van der Waals surface area contributed by atoms with E-state index in [1.54, 1.807) is 25.1 Å². The summed E-state index contributed by atoms with van der Waals surface area (Å²) in [5.41, 5.74) is 1.32. The molecule has 100 valence electrons. The molecule has 0 bridgehead atoms. The Bertz CT molecular complexity index is 417. The molecule has 0 fully saturated rings. The maximum Gasteiger partial charge on any atom is 0.338 e. The van der Waals surface area contributed by atoms with E-state index in [1.165, 1.54) is 0 Å². The van der Waals surface area contributed by atoms with Crippen molar-refractivity contribution in [3.05, 3.63) is 35.4 Å². The van der Waals surface area contributed by atoms with Crippen LogP contribution in [0.5, 0.6) is 0 Å². The van der Waals surface area contributed by atoms with Crippen LogP contribution in [-0.4, -0.2) is 34.3 Å². The van der Waals surface area contributed by atoms with Crippen molar-refractivity contribution in [2.45, 2.75) is 19.1 Å². The predicted octanol–water partition coefficient (Wildman–Crippen LogP) is 1.49. The van der Waals surface area contributed by atoms with Crippen molar-refractivity contribution in [1.82, 2.24) is 0 Å². The molecule has 0 radical (unpaired) electrons. The van der Waals surface area contributed by atoms with Crippen molar-refractivity contribution in [2.24, 2.45) is 0 Å². The zero-order valence-electron chi connectivity index (χ0n) is 10.4. The molecule has 1 atom stereocenters. The molecule has 0 spiro atoms. The van der Waals surface area contributed by atoms with Gasteiger partial charge < -0.3 is 9.84 Å². The number of hydrogen-bond acceptors (Lipinski definition) is 4. The molecule has 0 aliphatic rings. The van der Waals surface area contributed by atoms with Crippen LogP contribution in [0.1, 0.15) is 29.3 Å². The Morgan fingerprint density at radius 1 is 1.44 bits per heavy atom. The van der Waals surface area contributed by atoms with Crippen LogP contribution in [0.2, 0.25) is 0 Å². The fourth-order valence-electron chi connectivity index (χ4n) is 1.49. The Kier molecular flexibility index (Phi) is 6.60. The molecule has 0 saturated heterocycles. The number of rotatable bonds is 7. The summed E-state index contributed by atoms with van der Waals surface area (Å²) < 4.78 is 16.6. The van der Waals surface area contributed by atoms with Crippen molar-refractivity contribution >= 4 is 16.8 Å². The summed E-state index contributed by atoms with van der Waals surface area (Å²) in [6.45, 7) is 2.14. The Balaban J connectivity index is 2.64. The average Bonchev–Trinajstić information content (AvgIpc) is 2.37. The SMILES string of the molecule is CCOC(=O)c1cccc(CS(=O)CCCO)c1. The zero-order valence-corrected chi connectivity index (χ0v) is 11.2. The first-order valence-electron chi connectivity index (χ1n) is 5.89. The minimum atomic E-state index is -1.01. The van der Waals surface area contributed by atoms with Crippen LogP contribution in [0, 0.1) is 0 Å². The average molecular weight is 270 g/mol. The van der Waals surface area contributed by atoms with Gasteiger partial charge in [-0.25, -0.2) is 4.79 Å². The molecule has 1 aromatic rings. The minimum Gasteiger partial charge on any atom is -0.462 e. The number of hydrogen-bond donors (Lipinski definition) is 1. The van der Waals surface area contributed by atoms with Crippen molar-refractivity contribution < 1.29 is 18.8 Å². The summed E-state index contributed by atoms with van der Waals surface area (Å²) in [6.07, 6.45) is 0.532. The van der Waals surface area contributed by atoms with Gasteiger partial charge in [0.25, 0.3) is 0 Å². The Labute approximate surface area is 109 Å². The highest BCUT2D eigenvalue weighted by atomic mass is 32.2. The van der Waals surface area contributed by atoms with Gasteiger partial charge in [-0.15, -0.1) is 0 Å². The molecule has 0 aliphatic heterocycles. The maximum absolute atomic E-state index is 11.7. The first-order valence-corrected chi connectivity index (χ1v) is 7.38. The van der Waals surface area contributed by atoms with Gasteiger partial charge in [0.2, 0.25) is 0 Å². The number of carbonyl (C=O) groups is 1. The molecule has 1 N–H and O–H groups in total. The molecule has 0 saturated carbocycles. The topological polar surface area (TPSA) is 63.6 Å². The first kappa shape index (κ1) is 14.9. The quantitative estimate of drug-likeness (QED) is 0.763. The molecule has 0 heterocycles. The second-order valence-corrected chi connectivity index (χ2v) is 5.36. The van der Waals surface area contributed by atoms with Gasteiger partial charge in [0.05, 0.1) is 12.2 Å². The van der Waals surface area contributed by atoms with Crippen LogP contribution in [0.4, 0.5) is 0 Å². The lowest BCUT2D eigenvalue weighted by atomic mass is 10.1. The molecule has 4 nitrogen and oxygen atoms in total. The fraction of sp³-hybridized carbons (Fsp3) is 0.462. The van der Waals surface area contributed by atoms with Gasteiger partial charge in [-0.2, -0.15) is 0 Å². The zero-order chi connectivity index (χ0) is 13.4. The molecule has 0 aromatic heterocycles. The summed E-state index contributed by atoms with van der Waals surface area (Å²) in [4.78, 5) is 11.5. The third-order valence-corrected chi connectivity index (χ3v) is 3.70. The van der Waals surface area contributed by atoms with Crippen molar-refractivity contribution in [3.63, 3.8) is 0 Å². The highest BCUT2D eigenvalue weighted by Gasteiger charge is 2.08. The smallest absolute Gasteiger partial charge is 0.338 e. The van der Waals surface area contributed by atoms with Crippen LogP contribution in [0.3, 0.4) is 0 Å². The van der Waals surface area contributed by atoms with Crippen LogP contribution in [0.15, 0.2) is 24.3 Å². The van der Waals surface area contributed by atoms with E-state index in [9.17, 15) is 9.00 Å². The van der Waals surface area contributed by atoms with Gasteiger partial charge in [0.15, 0.2) is 0 Å². The predicted molar refractivity (Wildman–Crippen MR) is 70.8 cm³/mol. The van der Waals surface area contributed by atoms with Crippen LogP contribution >= 0.6 is 0 Å². The highest BCUT2D eigenvalue weighted by molar-refractivity contribution is 7.84. The monoisotopic (exact) mass is 270 g/mol. The molecule has 18 heavy (non-hydrogen) atoms. The van der Waals surface area contributed by atoms with E-state index in [-0.39, 0.29) is 12.6 Å². The van der Waals surface area contributed by atoms with Crippen molar-refractivity contribution in [2.75, 3.05) is 19.0 Å². The lowest BCUT2D eigenvalue weighted by Gasteiger charge is -2.05. The van der Waals surface area contributed by atoms with Gasteiger partial charge in [0, 0.05) is 28.9 Å². The van der Waals surface area contributed by atoms with Crippen LogP contribution < -0.4 is 0 Å². The molecular weight excluding hydrogens is 252 g/mol. The molecular formula is C13H18O4S. The Morgan fingerprint density at radius 2 is 2.22 bits per heavy atom. The lowest BCUT2D eigenvalue weighted by Crippen LogP contribution is -2.06. The fourth-order valence-corrected chi connectivity index (χ4v) is 2.63. The van der Waals surface area contributed by atoms with E-state index < -0.39 is 10.8 Å². The summed E-state index contributed by atoms with van der Waals surface area (Å²) in [5.74, 6) is 0.508. The highest BCUT2D eigenvalue weighted by Crippen LogP contribution is 2.09. The van der Waals surface area contributed by atoms with Gasteiger partial charge in [0.1, 0.15) is 0 Å². The normalized spacial score (nSPS) is 12.1. The molecule has 1 unspecified atom stereocenters. The third-order valence-electron chi connectivity index (χ3n) is 2.30. The van der Waals surface area contributed by atoms with E-state index >= 15 is 0 Å². The minimum absolute atomic E-state index is 0.0502. The Hall–Kier alpha value is -1.20. The molecule has 0 aliphatic carbocycles. The number of aliphatic hydroxyl groups excluding tert-OH is 1. The van der Waals surface area contributed by atoms with Crippen LogP contribution in [-0.2, 0) is 21.3 Å². The second kappa shape index (κ2) is 8.00. The standard InChI is InChI=1S/C13H18O4S/c1-2-17-13(15)12-6-3-5-11(9-12)10-18(16)8-4-7-14/h3,5-6,9,14H,2,4,7-8,10H2,1H3. The van der Waals surface area contributed by atoms with E-state index in [0.29, 0.717) is 30.1 Å². The number of aliphatic hydroxyl groups is 1. The van der Waals surface area contributed by atoms with Crippen molar-refractivity contribution in [1.29, 1.82) is 0 Å². The number of ether oxygens (including phenoxy) is 1. The largest absolute Gasteiger partial charge is 0.462 e.